The first kappa shape index (κ1) is 26.2. The molecular formula is C21H37Cl2N3O. The number of rotatable bonds is 7. The van der Waals surface area contributed by atoms with Gasteiger partial charge in [-0.05, 0) is 44.7 Å². The monoisotopic (exact) mass is 417 g/mol. The molecule has 0 aromatic heterocycles. The third kappa shape index (κ3) is 7.26. The molecule has 1 fully saturated rings. The summed E-state index contributed by atoms with van der Waals surface area (Å²) in [7, 11) is 0. The van der Waals surface area contributed by atoms with Gasteiger partial charge in [0.2, 0.25) is 5.91 Å². The average molecular weight is 418 g/mol. The maximum Gasteiger partial charge on any atom is 0.224 e. The summed E-state index contributed by atoms with van der Waals surface area (Å²) in [6.07, 6.45) is 3.82. The first-order chi connectivity index (χ1) is 11.8. The quantitative estimate of drug-likeness (QED) is 0.698. The maximum absolute atomic E-state index is 12.6. The summed E-state index contributed by atoms with van der Waals surface area (Å²) in [5.41, 5.74) is 7.26. The molecule has 1 aromatic rings. The molecule has 1 heterocycles. The van der Waals surface area contributed by atoms with E-state index in [0.29, 0.717) is 6.54 Å². The van der Waals surface area contributed by atoms with Crippen molar-refractivity contribution in [2.45, 2.75) is 58.5 Å². The number of amides is 1. The Hall–Kier alpha value is -0.810. The minimum atomic E-state index is -0.274. The Bertz CT molecular complexity index is 554. The number of nitrogens with zero attached hydrogens (tertiary/aromatic N) is 1. The van der Waals surface area contributed by atoms with E-state index in [9.17, 15) is 4.79 Å². The lowest BCUT2D eigenvalue weighted by molar-refractivity contribution is -0.125. The molecule has 3 unspecified atom stereocenters. The fourth-order valence-electron chi connectivity index (χ4n) is 3.65. The van der Waals surface area contributed by atoms with E-state index in [4.69, 9.17) is 5.73 Å². The Morgan fingerprint density at radius 1 is 1.30 bits per heavy atom. The van der Waals surface area contributed by atoms with Crippen LogP contribution in [0.1, 0.15) is 58.6 Å². The summed E-state index contributed by atoms with van der Waals surface area (Å²) in [6, 6.07) is 9.58. The first-order valence-electron chi connectivity index (χ1n) is 9.68. The second-order valence-electron chi connectivity index (χ2n) is 8.12. The Morgan fingerprint density at radius 2 is 1.93 bits per heavy atom. The highest BCUT2D eigenvalue weighted by molar-refractivity contribution is 5.85. The number of likely N-dealkylation sites (tertiary alicyclic amines) is 1. The van der Waals surface area contributed by atoms with Gasteiger partial charge in [0.25, 0.3) is 0 Å². The number of halogens is 2. The number of hydrogen-bond acceptors (Lipinski definition) is 3. The van der Waals surface area contributed by atoms with Crippen molar-refractivity contribution in [3.8, 4) is 0 Å². The van der Waals surface area contributed by atoms with Crippen molar-refractivity contribution in [3.05, 3.63) is 35.9 Å². The molecule has 0 aliphatic carbocycles. The second kappa shape index (κ2) is 11.9. The van der Waals surface area contributed by atoms with Gasteiger partial charge < -0.3 is 11.1 Å². The van der Waals surface area contributed by atoms with Gasteiger partial charge in [0.15, 0.2) is 0 Å². The van der Waals surface area contributed by atoms with Gasteiger partial charge >= 0.3 is 0 Å². The summed E-state index contributed by atoms with van der Waals surface area (Å²) in [4.78, 5) is 15.1. The van der Waals surface area contributed by atoms with Crippen molar-refractivity contribution in [2.75, 3.05) is 19.6 Å². The number of nitrogens with one attached hydrogen (secondary N) is 1. The number of benzene rings is 1. The molecule has 0 spiro atoms. The molecule has 1 amide bonds. The van der Waals surface area contributed by atoms with Crippen LogP contribution in [0.5, 0.6) is 0 Å². The van der Waals surface area contributed by atoms with Crippen LogP contribution in [-0.4, -0.2) is 36.0 Å². The van der Waals surface area contributed by atoms with Gasteiger partial charge in [-0.2, -0.15) is 0 Å². The third-order valence-electron chi connectivity index (χ3n) is 5.78. The smallest absolute Gasteiger partial charge is 0.224 e. The number of carbonyl (C=O) groups is 1. The zero-order valence-corrected chi connectivity index (χ0v) is 18.7. The lowest BCUT2D eigenvalue weighted by Gasteiger charge is -2.43. The minimum Gasteiger partial charge on any atom is -0.354 e. The van der Waals surface area contributed by atoms with Crippen LogP contribution in [0.4, 0.5) is 0 Å². The highest BCUT2D eigenvalue weighted by Crippen LogP contribution is 2.26. The summed E-state index contributed by atoms with van der Waals surface area (Å²) in [5.74, 6) is 0.575. The molecule has 1 aliphatic rings. The summed E-state index contributed by atoms with van der Waals surface area (Å²) in [6.45, 7) is 11.6. The Labute approximate surface area is 177 Å². The van der Waals surface area contributed by atoms with Gasteiger partial charge in [-0.3, -0.25) is 9.69 Å². The van der Waals surface area contributed by atoms with E-state index in [1.807, 2.05) is 37.3 Å². The molecule has 3 N–H and O–H groups in total. The summed E-state index contributed by atoms with van der Waals surface area (Å²) in [5, 5.41) is 3.14. The van der Waals surface area contributed by atoms with Gasteiger partial charge in [-0.25, -0.2) is 0 Å². The van der Waals surface area contributed by atoms with Crippen LogP contribution in [0.15, 0.2) is 30.3 Å². The Balaban J connectivity index is 0.00000338. The van der Waals surface area contributed by atoms with Crippen molar-refractivity contribution in [2.24, 2.45) is 17.6 Å². The van der Waals surface area contributed by atoms with E-state index >= 15 is 0 Å². The largest absolute Gasteiger partial charge is 0.354 e. The van der Waals surface area contributed by atoms with E-state index in [0.717, 1.165) is 24.6 Å². The van der Waals surface area contributed by atoms with Crippen molar-refractivity contribution in [3.63, 3.8) is 0 Å². The van der Waals surface area contributed by atoms with Crippen LogP contribution < -0.4 is 11.1 Å². The van der Waals surface area contributed by atoms with Crippen LogP contribution in [0.2, 0.25) is 0 Å². The number of nitrogens with two attached hydrogens (primary N) is 1. The number of hydrogen-bond donors (Lipinski definition) is 2. The zero-order chi connectivity index (χ0) is 18.4. The van der Waals surface area contributed by atoms with E-state index in [1.165, 1.54) is 19.3 Å². The fourth-order valence-corrected chi connectivity index (χ4v) is 3.65. The number of piperidine rings is 1. The predicted molar refractivity (Wildman–Crippen MR) is 119 cm³/mol. The minimum absolute atomic E-state index is 0. The fraction of sp³-hybridized carbons (Fsp3) is 0.667. The second-order valence-corrected chi connectivity index (χ2v) is 8.12. The third-order valence-corrected chi connectivity index (χ3v) is 5.78. The molecule has 0 saturated carbocycles. The predicted octanol–water partition coefficient (Wildman–Crippen LogP) is 4.18. The molecule has 156 valence electrons. The Kier molecular flexibility index (Phi) is 11.5. The standard InChI is InChI=1S/C21H35N3O.2ClH/c1-5-17-10-9-13-24(14-17)21(3,4)15-23-20(25)16(2)19(22)18-11-7-6-8-12-18;;/h6-8,11-12,16-17,19H,5,9-10,13-15,22H2,1-4H3,(H,23,25);2*1H. The molecule has 4 nitrogen and oxygen atoms in total. The van der Waals surface area contributed by atoms with E-state index in [-0.39, 0.29) is 48.2 Å². The van der Waals surface area contributed by atoms with Gasteiger partial charge in [0.1, 0.15) is 0 Å². The molecular weight excluding hydrogens is 381 g/mol. The SMILES string of the molecule is CCC1CCCN(C(C)(C)CNC(=O)C(C)C(N)c2ccccc2)C1.Cl.Cl. The molecule has 27 heavy (non-hydrogen) atoms. The molecule has 3 atom stereocenters. The van der Waals surface area contributed by atoms with Crippen molar-refractivity contribution < 1.29 is 4.79 Å². The lowest BCUT2D eigenvalue weighted by Crippen LogP contribution is -2.55. The van der Waals surface area contributed by atoms with Gasteiger partial charge in [0.05, 0.1) is 5.92 Å². The molecule has 0 radical (unpaired) electrons. The van der Waals surface area contributed by atoms with E-state index < -0.39 is 0 Å². The van der Waals surface area contributed by atoms with Crippen LogP contribution in [-0.2, 0) is 4.79 Å². The van der Waals surface area contributed by atoms with Crippen LogP contribution >= 0.6 is 24.8 Å². The Morgan fingerprint density at radius 3 is 2.52 bits per heavy atom. The lowest BCUT2D eigenvalue weighted by atomic mass is 9.90. The normalized spacial score (nSPS) is 20.0. The van der Waals surface area contributed by atoms with E-state index in [1.54, 1.807) is 0 Å². The average Bonchev–Trinajstić information content (AvgIpc) is 2.65. The van der Waals surface area contributed by atoms with Crippen molar-refractivity contribution in [1.82, 2.24) is 10.2 Å². The molecule has 1 aliphatic heterocycles. The van der Waals surface area contributed by atoms with Crippen LogP contribution in [0.3, 0.4) is 0 Å². The van der Waals surface area contributed by atoms with Crippen molar-refractivity contribution >= 4 is 30.7 Å². The molecule has 0 bridgehead atoms. The first-order valence-corrected chi connectivity index (χ1v) is 9.68. The van der Waals surface area contributed by atoms with Gasteiger partial charge in [-0.1, -0.05) is 50.6 Å². The van der Waals surface area contributed by atoms with Gasteiger partial charge in [0, 0.05) is 24.7 Å². The topological polar surface area (TPSA) is 58.4 Å². The highest BCUT2D eigenvalue weighted by atomic mass is 35.5. The molecule has 1 saturated heterocycles. The summed E-state index contributed by atoms with van der Waals surface area (Å²) >= 11 is 0. The number of carbonyl (C=O) groups excluding carboxylic acids is 1. The van der Waals surface area contributed by atoms with Crippen LogP contribution in [0.25, 0.3) is 0 Å². The highest BCUT2D eigenvalue weighted by Gasteiger charge is 2.32. The molecule has 6 heteroatoms. The zero-order valence-electron chi connectivity index (χ0n) is 17.1. The van der Waals surface area contributed by atoms with Gasteiger partial charge in [-0.15, -0.1) is 24.8 Å². The molecule has 2 rings (SSSR count). The summed E-state index contributed by atoms with van der Waals surface area (Å²) < 4.78 is 0. The molecule has 1 aromatic carbocycles. The van der Waals surface area contributed by atoms with Crippen molar-refractivity contribution in [1.29, 1.82) is 0 Å². The maximum atomic E-state index is 12.6. The van der Waals surface area contributed by atoms with Crippen LogP contribution in [0, 0.1) is 11.8 Å². The van der Waals surface area contributed by atoms with E-state index in [2.05, 4.69) is 31.0 Å².